The second-order valence-corrected chi connectivity index (χ2v) is 8.06. The van der Waals surface area contributed by atoms with Crippen LogP contribution >= 0.6 is 0 Å². The van der Waals surface area contributed by atoms with Crippen LogP contribution in [0.3, 0.4) is 0 Å². The third-order valence-electron chi connectivity index (χ3n) is 3.79. The van der Waals surface area contributed by atoms with Crippen LogP contribution in [0.15, 0.2) is 0 Å². The number of alkyl carbamates (subject to hydrolysis) is 1. The van der Waals surface area contributed by atoms with Crippen LogP contribution in [0.2, 0.25) is 0 Å². The van der Waals surface area contributed by atoms with Crippen molar-refractivity contribution in [3.8, 4) is 0 Å². The van der Waals surface area contributed by atoms with Gasteiger partial charge in [0, 0.05) is 12.6 Å². The first-order valence-corrected chi connectivity index (χ1v) is 7.73. The van der Waals surface area contributed by atoms with Gasteiger partial charge >= 0.3 is 6.09 Å². The molecule has 1 aliphatic rings. The molecule has 1 amide bonds. The van der Waals surface area contributed by atoms with Crippen LogP contribution in [-0.2, 0) is 4.74 Å². The zero-order valence-electron chi connectivity index (χ0n) is 14.2. The summed E-state index contributed by atoms with van der Waals surface area (Å²) in [4.78, 5) is 11.8. The molecule has 0 aromatic carbocycles. The van der Waals surface area contributed by atoms with E-state index in [0.717, 1.165) is 18.4 Å². The first-order valence-electron chi connectivity index (χ1n) is 7.73. The van der Waals surface area contributed by atoms with Crippen LogP contribution in [0.1, 0.15) is 61.3 Å². The van der Waals surface area contributed by atoms with E-state index < -0.39 is 5.60 Å². The SMILES string of the molecule is CC(C)C1CC(NCC(C)(C)NC(=O)OC(C)(C)C)C1. The Hall–Kier alpha value is -0.770. The van der Waals surface area contributed by atoms with Crippen molar-refractivity contribution in [2.45, 2.75) is 78.5 Å². The Morgan fingerprint density at radius 3 is 2.20 bits per heavy atom. The molecule has 0 unspecified atom stereocenters. The van der Waals surface area contributed by atoms with Gasteiger partial charge in [-0.15, -0.1) is 0 Å². The summed E-state index contributed by atoms with van der Waals surface area (Å²) in [6.45, 7) is 15.0. The Morgan fingerprint density at radius 2 is 1.75 bits per heavy atom. The summed E-state index contributed by atoms with van der Waals surface area (Å²) in [6.07, 6.45) is 2.15. The summed E-state index contributed by atoms with van der Waals surface area (Å²) in [5.74, 6) is 1.63. The number of amides is 1. The van der Waals surface area contributed by atoms with Crippen LogP contribution in [0.25, 0.3) is 0 Å². The van der Waals surface area contributed by atoms with Gasteiger partial charge in [-0.3, -0.25) is 0 Å². The highest BCUT2D eigenvalue weighted by molar-refractivity contribution is 5.68. The van der Waals surface area contributed by atoms with E-state index in [1.165, 1.54) is 12.8 Å². The minimum atomic E-state index is -0.452. The molecule has 4 nitrogen and oxygen atoms in total. The minimum absolute atomic E-state index is 0.300. The maximum absolute atomic E-state index is 11.8. The lowest BCUT2D eigenvalue weighted by atomic mass is 9.73. The van der Waals surface area contributed by atoms with Crippen molar-refractivity contribution in [1.29, 1.82) is 0 Å². The minimum Gasteiger partial charge on any atom is -0.444 e. The van der Waals surface area contributed by atoms with Gasteiger partial charge in [0.1, 0.15) is 5.60 Å². The fourth-order valence-corrected chi connectivity index (χ4v) is 2.40. The fraction of sp³-hybridized carbons (Fsp3) is 0.938. The molecule has 0 radical (unpaired) electrons. The summed E-state index contributed by atoms with van der Waals surface area (Å²) in [5.41, 5.74) is -0.753. The van der Waals surface area contributed by atoms with Crippen LogP contribution in [0.5, 0.6) is 0 Å². The normalized spacial score (nSPS) is 23.4. The highest BCUT2D eigenvalue weighted by Gasteiger charge is 2.32. The Labute approximate surface area is 124 Å². The number of carbonyl (C=O) groups is 1. The number of nitrogens with one attached hydrogen (secondary N) is 2. The number of carbonyl (C=O) groups excluding carboxylic acids is 1. The number of hydrogen-bond acceptors (Lipinski definition) is 3. The molecule has 4 heteroatoms. The largest absolute Gasteiger partial charge is 0.444 e. The molecule has 0 bridgehead atoms. The molecule has 1 rings (SSSR count). The van der Waals surface area contributed by atoms with E-state index in [-0.39, 0.29) is 11.6 Å². The third-order valence-corrected chi connectivity index (χ3v) is 3.79. The van der Waals surface area contributed by atoms with E-state index in [2.05, 4.69) is 24.5 Å². The van der Waals surface area contributed by atoms with E-state index in [1.54, 1.807) is 0 Å². The Kier molecular flexibility index (Phi) is 5.47. The van der Waals surface area contributed by atoms with Crippen molar-refractivity contribution < 1.29 is 9.53 Å². The first-order chi connectivity index (χ1) is 8.98. The molecular formula is C16H32N2O2. The maximum atomic E-state index is 11.8. The molecule has 0 saturated heterocycles. The lowest BCUT2D eigenvalue weighted by molar-refractivity contribution is 0.0465. The monoisotopic (exact) mass is 284 g/mol. The molecule has 118 valence electrons. The molecular weight excluding hydrogens is 252 g/mol. The molecule has 1 fully saturated rings. The van der Waals surface area contributed by atoms with E-state index in [1.807, 2.05) is 34.6 Å². The summed E-state index contributed by atoms with van der Waals surface area (Å²) < 4.78 is 5.29. The number of rotatable bonds is 5. The van der Waals surface area contributed by atoms with Crippen molar-refractivity contribution in [2.24, 2.45) is 11.8 Å². The van der Waals surface area contributed by atoms with Gasteiger partial charge in [0.2, 0.25) is 0 Å². The van der Waals surface area contributed by atoms with Gasteiger partial charge in [-0.2, -0.15) is 0 Å². The molecule has 1 aliphatic carbocycles. The molecule has 0 aliphatic heterocycles. The van der Waals surface area contributed by atoms with Crippen molar-refractivity contribution in [3.05, 3.63) is 0 Å². The van der Waals surface area contributed by atoms with Gasteiger partial charge in [0.05, 0.1) is 5.54 Å². The topological polar surface area (TPSA) is 50.4 Å². The molecule has 0 atom stereocenters. The molecule has 2 N–H and O–H groups in total. The Morgan fingerprint density at radius 1 is 1.20 bits per heavy atom. The maximum Gasteiger partial charge on any atom is 0.408 e. The Bertz CT molecular complexity index is 326. The van der Waals surface area contributed by atoms with Crippen LogP contribution < -0.4 is 10.6 Å². The fourth-order valence-electron chi connectivity index (χ4n) is 2.40. The molecule has 0 aromatic heterocycles. The summed E-state index contributed by atoms with van der Waals surface area (Å²) in [5, 5.41) is 6.47. The van der Waals surface area contributed by atoms with Gasteiger partial charge in [-0.1, -0.05) is 13.8 Å². The number of ether oxygens (including phenoxy) is 1. The van der Waals surface area contributed by atoms with Crippen molar-refractivity contribution in [3.63, 3.8) is 0 Å². The van der Waals surface area contributed by atoms with Gasteiger partial charge < -0.3 is 15.4 Å². The predicted octanol–water partition coefficient (Wildman–Crippen LogP) is 3.31. The average Bonchev–Trinajstić information content (AvgIpc) is 2.08. The lowest BCUT2D eigenvalue weighted by Crippen LogP contribution is -2.55. The van der Waals surface area contributed by atoms with Crippen LogP contribution in [0.4, 0.5) is 4.79 Å². The number of hydrogen-bond donors (Lipinski definition) is 2. The molecule has 0 spiro atoms. The molecule has 0 aromatic rings. The smallest absolute Gasteiger partial charge is 0.408 e. The summed E-state index contributed by atoms with van der Waals surface area (Å²) in [7, 11) is 0. The van der Waals surface area contributed by atoms with Gasteiger partial charge in [0.15, 0.2) is 0 Å². The van der Waals surface area contributed by atoms with Gasteiger partial charge in [-0.25, -0.2) is 4.79 Å². The van der Waals surface area contributed by atoms with Crippen LogP contribution in [-0.4, -0.2) is 29.8 Å². The highest BCUT2D eigenvalue weighted by Crippen LogP contribution is 2.33. The van der Waals surface area contributed by atoms with Gasteiger partial charge in [0.25, 0.3) is 0 Å². The van der Waals surface area contributed by atoms with E-state index in [4.69, 9.17) is 4.74 Å². The quantitative estimate of drug-likeness (QED) is 0.814. The third kappa shape index (κ3) is 6.12. The van der Waals surface area contributed by atoms with Crippen LogP contribution in [0, 0.1) is 11.8 Å². The second kappa shape index (κ2) is 6.33. The molecule has 0 heterocycles. The first kappa shape index (κ1) is 17.3. The van der Waals surface area contributed by atoms with E-state index in [9.17, 15) is 4.79 Å². The molecule has 20 heavy (non-hydrogen) atoms. The van der Waals surface area contributed by atoms with Crippen molar-refractivity contribution >= 4 is 6.09 Å². The van der Waals surface area contributed by atoms with Crippen molar-refractivity contribution in [2.75, 3.05) is 6.54 Å². The lowest BCUT2D eigenvalue weighted by Gasteiger charge is -2.40. The average molecular weight is 284 g/mol. The van der Waals surface area contributed by atoms with E-state index >= 15 is 0 Å². The second-order valence-electron chi connectivity index (χ2n) is 8.06. The van der Waals surface area contributed by atoms with Crippen molar-refractivity contribution in [1.82, 2.24) is 10.6 Å². The highest BCUT2D eigenvalue weighted by atomic mass is 16.6. The van der Waals surface area contributed by atoms with Gasteiger partial charge in [-0.05, 0) is 59.3 Å². The zero-order valence-corrected chi connectivity index (χ0v) is 14.2. The summed E-state index contributed by atoms with van der Waals surface area (Å²) >= 11 is 0. The zero-order chi connectivity index (χ0) is 15.6. The van der Waals surface area contributed by atoms with E-state index in [0.29, 0.717) is 6.04 Å². The molecule has 1 saturated carbocycles. The Balaban J connectivity index is 2.27. The standard InChI is InChI=1S/C16H32N2O2/c1-11(2)12-8-13(9-12)17-10-16(6,7)18-14(19)20-15(3,4)5/h11-13,17H,8-10H2,1-7H3,(H,18,19). The predicted molar refractivity (Wildman–Crippen MR) is 82.8 cm³/mol. The summed E-state index contributed by atoms with van der Waals surface area (Å²) in [6, 6.07) is 0.599.